The number of phenolic OH excluding ortho intramolecular Hbond substituents is 1. The molecule has 0 aliphatic carbocycles. The van der Waals surface area contributed by atoms with Crippen LogP contribution in [0.4, 0.5) is 11.4 Å². The third-order valence-corrected chi connectivity index (χ3v) is 5.87. The number of carbonyl (C=O) groups is 1. The van der Waals surface area contributed by atoms with E-state index >= 15 is 0 Å². The van der Waals surface area contributed by atoms with Gasteiger partial charge in [-0.05, 0) is 54.4 Å². The van der Waals surface area contributed by atoms with Gasteiger partial charge in [-0.1, -0.05) is 36.4 Å². The zero-order valence-corrected chi connectivity index (χ0v) is 18.5. The summed E-state index contributed by atoms with van der Waals surface area (Å²) in [4.78, 5) is 18.0. The predicted octanol–water partition coefficient (Wildman–Crippen LogP) is 4.21. The van der Waals surface area contributed by atoms with E-state index in [1.54, 1.807) is 19.2 Å². The summed E-state index contributed by atoms with van der Waals surface area (Å²) in [7, 11) is 1.61. The lowest BCUT2D eigenvalue weighted by molar-refractivity contribution is -0.121. The van der Waals surface area contributed by atoms with E-state index in [2.05, 4.69) is 15.1 Å². The first-order valence-corrected chi connectivity index (χ1v) is 10.8. The quantitative estimate of drug-likeness (QED) is 0.612. The highest BCUT2D eigenvalue weighted by atomic mass is 16.5. The van der Waals surface area contributed by atoms with Gasteiger partial charge in [-0.25, -0.2) is 0 Å². The van der Waals surface area contributed by atoms with Crippen molar-refractivity contribution in [3.63, 3.8) is 0 Å². The van der Waals surface area contributed by atoms with Crippen LogP contribution >= 0.6 is 0 Å². The third-order valence-electron chi connectivity index (χ3n) is 5.87. The molecule has 1 amide bonds. The summed E-state index contributed by atoms with van der Waals surface area (Å²) in [5.41, 5.74) is 3.78. The van der Waals surface area contributed by atoms with Crippen LogP contribution in [0.1, 0.15) is 17.2 Å². The fourth-order valence-corrected chi connectivity index (χ4v) is 4.19. The summed E-state index contributed by atoms with van der Waals surface area (Å²) in [6.07, 6.45) is 0. The van der Waals surface area contributed by atoms with Crippen molar-refractivity contribution in [2.75, 3.05) is 43.5 Å². The summed E-state index contributed by atoms with van der Waals surface area (Å²) < 4.78 is 5.45. The van der Waals surface area contributed by atoms with Crippen molar-refractivity contribution >= 4 is 17.3 Å². The minimum absolute atomic E-state index is 0.0711. The summed E-state index contributed by atoms with van der Waals surface area (Å²) in [6.45, 7) is 5.09. The molecular formula is C26H29N3O3. The van der Waals surface area contributed by atoms with Gasteiger partial charge in [0.15, 0.2) is 0 Å². The van der Waals surface area contributed by atoms with Crippen molar-refractivity contribution in [1.82, 2.24) is 4.90 Å². The summed E-state index contributed by atoms with van der Waals surface area (Å²) in [5, 5.41) is 12.7. The Morgan fingerprint density at radius 2 is 1.66 bits per heavy atom. The van der Waals surface area contributed by atoms with Crippen LogP contribution in [-0.2, 0) is 4.79 Å². The van der Waals surface area contributed by atoms with E-state index in [9.17, 15) is 9.90 Å². The average molecular weight is 432 g/mol. The van der Waals surface area contributed by atoms with E-state index in [0.29, 0.717) is 11.4 Å². The molecule has 32 heavy (non-hydrogen) atoms. The number of amides is 1. The van der Waals surface area contributed by atoms with Gasteiger partial charge in [0.1, 0.15) is 17.5 Å². The Morgan fingerprint density at radius 1 is 0.969 bits per heavy atom. The second kappa shape index (κ2) is 9.75. The average Bonchev–Trinajstić information content (AvgIpc) is 2.81. The molecule has 6 nitrogen and oxygen atoms in total. The van der Waals surface area contributed by atoms with Gasteiger partial charge in [0, 0.05) is 31.9 Å². The number of methoxy groups -OCH3 is 1. The van der Waals surface area contributed by atoms with E-state index in [4.69, 9.17) is 4.74 Å². The second-order valence-corrected chi connectivity index (χ2v) is 8.05. The van der Waals surface area contributed by atoms with Crippen molar-refractivity contribution in [2.24, 2.45) is 0 Å². The molecule has 1 aliphatic heterocycles. The van der Waals surface area contributed by atoms with E-state index in [1.807, 2.05) is 67.6 Å². The molecule has 166 valence electrons. The van der Waals surface area contributed by atoms with Crippen LogP contribution in [0.2, 0.25) is 0 Å². The summed E-state index contributed by atoms with van der Waals surface area (Å²) in [5.74, 6) is 0.839. The number of aryl methyl sites for hydroxylation is 1. The van der Waals surface area contributed by atoms with Gasteiger partial charge in [0.05, 0.1) is 12.8 Å². The number of hydrogen-bond acceptors (Lipinski definition) is 5. The molecule has 1 heterocycles. The fourth-order valence-electron chi connectivity index (χ4n) is 4.19. The minimum Gasteiger partial charge on any atom is -0.508 e. The first-order chi connectivity index (χ1) is 15.5. The van der Waals surface area contributed by atoms with Crippen molar-refractivity contribution < 1.29 is 14.6 Å². The highest BCUT2D eigenvalue weighted by Gasteiger charge is 2.31. The molecule has 2 N–H and O–H groups in total. The molecule has 0 saturated carbocycles. The molecule has 0 aromatic heterocycles. The third kappa shape index (κ3) is 4.86. The van der Waals surface area contributed by atoms with E-state index < -0.39 is 6.04 Å². The number of ether oxygens (including phenoxy) is 1. The number of piperazine rings is 1. The normalized spacial score (nSPS) is 15.2. The Balaban J connectivity index is 1.54. The summed E-state index contributed by atoms with van der Waals surface area (Å²) in [6, 6.07) is 22.5. The second-order valence-electron chi connectivity index (χ2n) is 8.05. The number of hydrogen-bond donors (Lipinski definition) is 2. The molecule has 0 unspecified atom stereocenters. The molecule has 0 radical (unpaired) electrons. The van der Waals surface area contributed by atoms with Gasteiger partial charge < -0.3 is 20.1 Å². The van der Waals surface area contributed by atoms with Gasteiger partial charge in [-0.2, -0.15) is 0 Å². The maximum absolute atomic E-state index is 13.5. The number of anilines is 2. The van der Waals surface area contributed by atoms with E-state index in [-0.39, 0.29) is 11.7 Å². The maximum atomic E-state index is 13.5. The lowest BCUT2D eigenvalue weighted by Crippen LogP contribution is -2.50. The SMILES string of the molecule is COc1ccc(C)cc1NC(=O)[C@@H](c1ccccc1)N1CCN(c2ccc(O)cc2)CC1. The van der Waals surface area contributed by atoms with E-state index in [0.717, 1.165) is 43.0 Å². The lowest BCUT2D eigenvalue weighted by atomic mass is 10.0. The smallest absolute Gasteiger partial charge is 0.246 e. The summed E-state index contributed by atoms with van der Waals surface area (Å²) >= 11 is 0. The lowest BCUT2D eigenvalue weighted by Gasteiger charge is -2.39. The fraction of sp³-hybridized carbons (Fsp3) is 0.269. The first kappa shape index (κ1) is 21.7. The van der Waals surface area contributed by atoms with Crippen LogP contribution in [0, 0.1) is 6.92 Å². The van der Waals surface area contributed by atoms with E-state index in [1.165, 1.54) is 0 Å². The Hall–Kier alpha value is -3.51. The number of benzene rings is 3. The minimum atomic E-state index is -0.400. The number of nitrogens with one attached hydrogen (secondary N) is 1. The number of phenols is 1. The molecule has 1 atom stereocenters. The molecule has 3 aromatic rings. The first-order valence-electron chi connectivity index (χ1n) is 10.8. The van der Waals surface area contributed by atoms with Crippen molar-refractivity contribution in [2.45, 2.75) is 13.0 Å². The van der Waals surface area contributed by atoms with Crippen LogP contribution < -0.4 is 15.0 Å². The Bertz CT molecular complexity index is 1050. The molecule has 3 aromatic carbocycles. The molecule has 1 aliphatic rings. The molecule has 0 spiro atoms. The zero-order chi connectivity index (χ0) is 22.5. The van der Waals surface area contributed by atoms with Gasteiger partial charge >= 0.3 is 0 Å². The van der Waals surface area contributed by atoms with Crippen LogP contribution in [0.5, 0.6) is 11.5 Å². The van der Waals surface area contributed by atoms with Crippen LogP contribution in [0.15, 0.2) is 72.8 Å². The van der Waals surface area contributed by atoms with Crippen LogP contribution in [0.25, 0.3) is 0 Å². The maximum Gasteiger partial charge on any atom is 0.246 e. The van der Waals surface area contributed by atoms with Crippen molar-refractivity contribution in [3.8, 4) is 11.5 Å². The Kier molecular flexibility index (Phi) is 6.61. The molecule has 6 heteroatoms. The number of aromatic hydroxyl groups is 1. The van der Waals surface area contributed by atoms with Crippen LogP contribution in [-0.4, -0.2) is 49.2 Å². The standard InChI is InChI=1S/C26H29N3O3/c1-19-8-13-24(32-2)23(18-19)27-26(31)25(20-6-4-3-5-7-20)29-16-14-28(15-17-29)21-9-11-22(30)12-10-21/h3-13,18,25,30H,14-17H2,1-2H3,(H,27,31)/t25-/m1/s1. The highest BCUT2D eigenvalue weighted by molar-refractivity contribution is 5.97. The number of carbonyl (C=O) groups excluding carboxylic acids is 1. The van der Waals surface area contributed by atoms with Crippen LogP contribution in [0.3, 0.4) is 0 Å². The molecule has 4 rings (SSSR count). The predicted molar refractivity (Wildman–Crippen MR) is 127 cm³/mol. The highest BCUT2D eigenvalue weighted by Crippen LogP contribution is 2.30. The Morgan fingerprint density at radius 3 is 2.31 bits per heavy atom. The number of nitrogens with zero attached hydrogens (tertiary/aromatic N) is 2. The topological polar surface area (TPSA) is 65.0 Å². The van der Waals surface area contributed by atoms with Gasteiger partial charge in [-0.15, -0.1) is 0 Å². The number of rotatable bonds is 6. The van der Waals surface area contributed by atoms with Gasteiger partial charge in [-0.3, -0.25) is 9.69 Å². The Labute approximate surface area is 189 Å². The van der Waals surface area contributed by atoms with Gasteiger partial charge in [0.25, 0.3) is 0 Å². The van der Waals surface area contributed by atoms with Crippen molar-refractivity contribution in [3.05, 3.63) is 83.9 Å². The van der Waals surface area contributed by atoms with Crippen molar-refractivity contribution in [1.29, 1.82) is 0 Å². The zero-order valence-electron chi connectivity index (χ0n) is 18.5. The molecule has 1 saturated heterocycles. The molecular weight excluding hydrogens is 402 g/mol. The van der Waals surface area contributed by atoms with Gasteiger partial charge in [0.2, 0.25) is 5.91 Å². The molecule has 0 bridgehead atoms. The largest absolute Gasteiger partial charge is 0.508 e. The monoisotopic (exact) mass is 431 g/mol. The molecule has 1 fully saturated rings.